The number of nitrogens with zero attached hydrogens (tertiary/aromatic N) is 1. The number of carbonyl (C=O) groups excluding carboxylic acids is 3. The Bertz CT molecular complexity index is 896. The Kier molecular flexibility index (Phi) is 11.1. The number of esters is 1. The minimum absolute atomic E-state index is 0.0298. The molecule has 0 aromatic heterocycles. The van der Waals surface area contributed by atoms with Crippen molar-refractivity contribution >= 4 is 31.4 Å². The van der Waals surface area contributed by atoms with Crippen LogP contribution in [0.3, 0.4) is 0 Å². The molecule has 0 spiro atoms. The number of Topliss-reactive ketones (excluding diaryl/α,β-unsaturated/α-hetero) is 1. The fourth-order valence-corrected chi connectivity index (χ4v) is 3.63. The van der Waals surface area contributed by atoms with Gasteiger partial charge in [0.25, 0.3) is 5.69 Å². The third-order valence-electron chi connectivity index (χ3n) is 5.46. The molecule has 0 saturated carbocycles. The van der Waals surface area contributed by atoms with Crippen LogP contribution in [0.25, 0.3) is 0 Å². The molecule has 192 valence electrons. The van der Waals surface area contributed by atoms with E-state index in [0.717, 1.165) is 0 Å². The van der Waals surface area contributed by atoms with Crippen molar-refractivity contribution < 1.29 is 47.7 Å². The maximum atomic E-state index is 12.1. The number of rotatable bonds is 13. The molecule has 0 N–H and O–H groups in total. The van der Waals surface area contributed by atoms with Crippen molar-refractivity contribution in [2.24, 2.45) is 0 Å². The van der Waals surface area contributed by atoms with E-state index in [4.69, 9.17) is 28.4 Å². The molecule has 1 fully saturated rings. The first-order chi connectivity index (χ1) is 16.6. The summed E-state index contributed by atoms with van der Waals surface area (Å²) in [5.74, 6) is -1.09. The van der Waals surface area contributed by atoms with E-state index in [0.29, 0.717) is 5.56 Å². The van der Waals surface area contributed by atoms with Crippen molar-refractivity contribution in [3.63, 3.8) is 0 Å². The van der Waals surface area contributed by atoms with Gasteiger partial charge in [-0.15, -0.1) is 0 Å². The van der Waals surface area contributed by atoms with Gasteiger partial charge in [-0.05, 0) is 6.92 Å². The molecule has 1 aromatic rings. The Morgan fingerprint density at radius 1 is 1.14 bits per heavy atom. The molecule has 13 heteroatoms. The van der Waals surface area contributed by atoms with Crippen LogP contribution in [0.4, 0.5) is 10.5 Å². The van der Waals surface area contributed by atoms with Crippen LogP contribution in [0, 0.1) is 10.1 Å². The molecule has 0 amide bonds. The molecule has 2 unspecified atom stereocenters. The molecule has 0 aliphatic carbocycles. The van der Waals surface area contributed by atoms with Crippen molar-refractivity contribution in [1.82, 2.24) is 0 Å². The van der Waals surface area contributed by atoms with Crippen molar-refractivity contribution in [2.45, 2.75) is 56.9 Å². The minimum atomic E-state index is -0.953. The molecule has 1 aliphatic rings. The van der Waals surface area contributed by atoms with Crippen LogP contribution in [0.5, 0.6) is 0 Å². The molecule has 1 saturated heterocycles. The maximum Gasteiger partial charge on any atom is 0.508 e. The maximum absolute atomic E-state index is 12.1. The number of hydrogen-bond donors (Lipinski definition) is 0. The number of hydrogen-bond acceptors (Lipinski definition) is 11. The Balaban J connectivity index is 1.79. The molecular formula is C22H30BNO11. The third-order valence-corrected chi connectivity index (χ3v) is 5.46. The first kappa shape index (κ1) is 28.2. The predicted molar refractivity (Wildman–Crippen MR) is 123 cm³/mol. The Hall–Kier alpha value is -3.03. The first-order valence-electron chi connectivity index (χ1n) is 11.1. The van der Waals surface area contributed by atoms with Gasteiger partial charge in [0.2, 0.25) is 0 Å². The Morgan fingerprint density at radius 3 is 2.51 bits per heavy atom. The number of carbonyl (C=O) groups is 3. The van der Waals surface area contributed by atoms with Crippen LogP contribution in [0.2, 0.25) is 0 Å². The smallest absolute Gasteiger partial charge is 0.438 e. The number of ether oxygens (including phenoxy) is 6. The van der Waals surface area contributed by atoms with Crippen LogP contribution >= 0.6 is 0 Å². The molecule has 1 aromatic carbocycles. The number of ketones is 1. The number of nitro benzene ring substituents is 1. The number of para-hydroxylation sites is 1. The standard InChI is InChI=1S/C22H30BNO11/c1-13(15-6-4-5-7-16(15)24(28)29)10-31-22(27)32-11-17-19(30-3)20(21(23)35-17)34-12-33-18(26)9-8-14(2)25/h4-7,13,17,19-21H,8-12,23H2,1-3H3/t13?,17-,19?,20+,21-/m1/s1. The van der Waals surface area contributed by atoms with Gasteiger partial charge in [-0.2, -0.15) is 0 Å². The van der Waals surface area contributed by atoms with E-state index >= 15 is 0 Å². The molecule has 0 radical (unpaired) electrons. The second-order valence-electron chi connectivity index (χ2n) is 8.14. The van der Waals surface area contributed by atoms with Crippen molar-refractivity contribution in [1.29, 1.82) is 0 Å². The van der Waals surface area contributed by atoms with E-state index in [9.17, 15) is 24.5 Å². The lowest BCUT2D eigenvalue weighted by atomic mass is 9.93. The second-order valence-corrected chi connectivity index (χ2v) is 8.14. The summed E-state index contributed by atoms with van der Waals surface area (Å²) in [5, 5.41) is 11.2. The van der Waals surface area contributed by atoms with Gasteiger partial charge >= 0.3 is 12.1 Å². The van der Waals surface area contributed by atoms with Crippen LogP contribution in [0.1, 0.15) is 38.2 Å². The molecule has 12 nitrogen and oxygen atoms in total. The molecule has 1 aliphatic heterocycles. The quantitative estimate of drug-likeness (QED) is 0.129. The fourth-order valence-electron chi connectivity index (χ4n) is 3.63. The zero-order valence-electron chi connectivity index (χ0n) is 20.2. The summed E-state index contributed by atoms with van der Waals surface area (Å²) in [5.41, 5.74) is 0.392. The van der Waals surface area contributed by atoms with Crippen molar-refractivity contribution in [3.05, 3.63) is 39.9 Å². The summed E-state index contributed by atoms with van der Waals surface area (Å²) in [7, 11) is 3.18. The summed E-state index contributed by atoms with van der Waals surface area (Å²) < 4.78 is 32.0. The highest BCUT2D eigenvalue weighted by Gasteiger charge is 2.44. The lowest BCUT2D eigenvalue weighted by Gasteiger charge is -2.22. The van der Waals surface area contributed by atoms with Gasteiger partial charge in [-0.1, -0.05) is 25.1 Å². The zero-order valence-corrected chi connectivity index (χ0v) is 20.2. The van der Waals surface area contributed by atoms with E-state index in [1.165, 1.54) is 20.1 Å². The number of nitro groups is 1. The van der Waals surface area contributed by atoms with Crippen LogP contribution in [-0.4, -0.2) is 82.1 Å². The largest absolute Gasteiger partial charge is 0.508 e. The lowest BCUT2D eigenvalue weighted by Crippen LogP contribution is -2.39. The average Bonchev–Trinajstić information content (AvgIpc) is 3.13. The monoisotopic (exact) mass is 495 g/mol. The molecule has 5 atom stereocenters. The molecule has 1 heterocycles. The van der Waals surface area contributed by atoms with Crippen molar-refractivity contribution in [2.75, 3.05) is 27.1 Å². The van der Waals surface area contributed by atoms with Gasteiger partial charge < -0.3 is 33.2 Å². The minimum Gasteiger partial charge on any atom is -0.438 e. The van der Waals surface area contributed by atoms with Crippen molar-refractivity contribution in [3.8, 4) is 0 Å². The Morgan fingerprint density at radius 2 is 1.86 bits per heavy atom. The summed E-state index contributed by atoms with van der Waals surface area (Å²) in [4.78, 5) is 45.3. The summed E-state index contributed by atoms with van der Waals surface area (Å²) in [6.45, 7) is 2.46. The SMILES string of the molecule is B[C@@H]1O[C@H](COC(=O)OCC(C)c2ccccc2[N+](=O)[O-])C(OC)[C@@H]1OCOC(=O)CCC(C)=O. The zero-order chi connectivity index (χ0) is 26.0. The van der Waals surface area contributed by atoms with E-state index in [1.54, 1.807) is 33.0 Å². The Labute approximate surface area is 203 Å². The van der Waals surface area contributed by atoms with E-state index in [1.807, 2.05) is 0 Å². The number of benzene rings is 1. The van der Waals surface area contributed by atoms with Gasteiger partial charge in [0.15, 0.2) is 6.79 Å². The van der Waals surface area contributed by atoms with Gasteiger partial charge in [0.05, 0.1) is 17.3 Å². The molecule has 2 rings (SSSR count). The predicted octanol–water partition coefficient (Wildman–Crippen LogP) is 1.48. The molecular weight excluding hydrogens is 465 g/mol. The third kappa shape index (κ3) is 8.60. The normalized spacial score (nSPS) is 22.3. The average molecular weight is 495 g/mol. The molecule has 35 heavy (non-hydrogen) atoms. The summed E-state index contributed by atoms with van der Waals surface area (Å²) in [6.07, 6.45) is -2.75. The van der Waals surface area contributed by atoms with Crippen LogP contribution in [0.15, 0.2) is 24.3 Å². The van der Waals surface area contributed by atoms with Gasteiger partial charge in [0, 0.05) is 31.1 Å². The topological polar surface area (TPSA) is 150 Å². The molecule has 0 bridgehead atoms. The van der Waals surface area contributed by atoms with Crippen LogP contribution < -0.4 is 0 Å². The van der Waals surface area contributed by atoms with E-state index in [-0.39, 0.29) is 44.3 Å². The van der Waals surface area contributed by atoms with E-state index < -0.39 is 47.3 Å². The van der Waals surface area contributed by atoms with Gasteiger partial charge in [-0.3, -0.25) is 14.9 Å². The number of methoxy groups -OCH3 is 1. The van der Waals surface area contributed by atoms with Gasteiger partial charge in [-0.25, -0.2) is 4.79 Å². The highest BCUT2D eigenvalue weighted by Crippen LogP contribution is 2.27. The summed E-state index contributed by atoms with van der Waals surface area (Å²) in [6, 6.07) is 5.79. The highest BCUT2D eigenvalue weighted by atomic mass is 16.7. The summed E-state index contributed by atoms with van der Waals surface area (Å²) >= 11 is 0. The first-order valence-corrected chi connectivity index (χ1v) is 11.1. The fraction of sp³-hybridized carbons (Fsp3) is 0.591. The lowest BCUT2D eigenvalue weighted by molar-refractivity contribution is -0.385. The second kappa shape index (κ2) is 13.8. The van der Waals surface area contributed by atoms with Crippen LogP contribution in [-0.2, 0) is 38.0 Å². The highest BCUT2D eigenvalue weighted by molar-refractivity contribution is 6.11. The van der Waals surface area contributed by atoms with Gasteiger partial charge in [0.1, 0.15) is 45.2 Å². The van der Waals surface area contributed by atoms with E-state index in [2.05, 4.69) is 0 Å².